The Kier molecular flexibility index (Phi) is 5.64. The van der Waals surface area contributed by atoms with E-state index in [9.17, 15) is 18.4 Å². The number of anilines is 1. The summed E-state index contributed by atoms with van der Waals surface area (Å²) in [4.78, 5) is 33.9. The number of halogens is 2. The van der Waals surface area contributed by atoms with Gasteiger partial charge in [0.05, 0.1) is 5.56 Å². The van der Waals surface area contributed by atoms with Crippen molar-refractivity contribution in [3.63, 3.8) is 0 Å². The summed E-state index contributed by atoms with van der Waals surface area (Å²) < 4.78 is 27.7. The molecule has 0 saturated heterocycles. The second-order valence-electron chi connectivity index (χ2n) is 9.46. The molecule has 1 atom stereocenters. The van der Waals surface area contributed by atoms with Gasteiger partial charge in [-0.2, -0.15) is 0 Å². The number of hydrogen-bond donors (Lipinski definition) is 2. The first-order valence-electron chi connectivity index (χ1n) is 11.0. The van der Waals surface area contributed by atoms with Gasteiger partial charge in [-0.25, -0.2) is 13.8 Å². The number of Topliss-reactive ketones (excluding diaryl/α,β-unsaturated/α-hetero) is 1. The minimum absolute atomic E-state index is 0.0314. The number of nitrogens with one attached hydrogen (secondary N) is 2. The smallest absolute Gasteiger partial charge is 0.257 e. The fraction of sp³-hybridized carbons (Fsp3) is 0.269. The predicted molar refractivity (Wildman–Crippen MR) is 128 cm³/mol. The quantitative estimate of drug-likeness (QED) is 0.380. The summed E-state index contributed by atoms with van der Waals surface area (Å²) in [7, 11) is 0. The van der Waals surface area contributed by atoms with E-state index in [1.807, 2.05) is 13.8 Å². The maximum Gasteiger partial charge on any atom is 0.257 e. The molecular formula is C26H23F2N3O2S. The molecule has 3 aromatic rings. The summed E-state index contributed by atoms with van der Waals surface area (Å²) >= 11 is 1.22. The number of benzene rings is 2. The molecule has 1 aromatic heterocycles. The Balaban J connectivity index is 1.59. The van der Waals surface area contributed by atoms with Crippen molar-refractivity contribution < 1.29 is 13.6 Å². The Labute approximate surface area is 199 Å². The van der Waals surface area contributed by atoms with Gasteiger partial charge in [0.25, 0.3) is 5.56 Å². The molecular weight excluding hydrogens is 456 g/mol. The average molecular weight is 480 g/mol. The lowest BCUT2D eigenvalue weighted by molar-refractivity contribution is -0.118. The second kappa shape index (κ2) is 8.51. The highest BCUT2D eigenvalue weighted by molar-refractivity contribution is 7.98. The van der Waals surface area contributed by atoms with Crippen LogP contribution in [0.5, 0.6) is 0 Å². The van der Waals surface area contributed by atoms with E-state index >= 15 is 0 Å². The molecule has 2 N–H and O–H groups in total. The van der Waals surface area contributed by atoms with Gasteiger partial charge in [0, 0.05) is 29.4 Å². The lowest BCUT2D eigenvalue weighted by Gasteiger charge is -2.38. The summed E-state index contributed by atoms with van der Waals surface area (Å²) in [6, 6.07) is 12.3. The molecule has 34 heavy (non-hydrogen) atoms. The molecule has 5 rings (SSSR count). The first-order chi connectivity index (χ1) is 16.2. The number of allylic oxidation sites excluding steroid dienone is 2. The van der Waals surface area contributed by atoms with Crippen molar-refractivity contribution in [3.8, 4) is 0 Å². The van der Waals surface area contributed by atoms with Crippen LogP contribution < -0.4 is 10.9 Å². The van der Waals surface area contributed by atoms with Crippen molar-refractivity contribution in [2.75, 3.05) is 5.32 Å². The number of thioether (sulfide) groups is 1. The lowest BCUT2D eigenvalue weighted by Crippen LogP contribution is -2.37. The molecule has 0 saturated carbocycles. The van der Waals surface area contributed by atoms with E-state index in [-0.39, 0.29) is 22.6 Å². The van der Waals surface area contributed by atoms with Crippen LogP contribution in [0.3, 0.4) is 0 Å². The number of H-pyrrole nitrogens is 1. The summed E-state index contributed by atoms with van der Waals surface area (Å²) in [5, 5.41) is 3.60. The lowest BCUT2D eigenvalue weighted by atomic mass is 9.69. The normalized spacial score (nSPS) is 18.8. The number of carbonyl (C=O) groups excluding carboxylic acids is 1. The third-order valence-electron chi connectivity index (χ3n) is 6.23. The van der Waals surface area contributed by atoms with Crippen LogP contribution in [0, 0.1) is 17.0 Å². The molecule has 0 fully saturated rings. The van der Waals surface area contributed by atoms with Crippen LogP contribution in [0.25, 0.3) is 0 Å². The molecule has 5 nitrogen and oxygen atoms in total. The average Bonchev–Trinajstić information content (AvgIpc) is 2.77. The maximum atomic E-state index is 14.0. The molecule has 1 aliphatic heterocycles. The summed E-state index contributed by atoms with van der Waals surface area (Å²) in [5.74, 6) is -0.709. The minimum Gasteiger partial charge on any atom is -0.343 e. The number of nitrogens with zero attached hydrogens (tertiary/aromatic N) is 1. The second-order valence-corrected chi connectivity index (χ2v) is 10.4. The van der Waals surface area contributed by atoms with E-state index in [0.29, 0.717) is 51.8 Å². The first-order valence-corrected chi connectivity index (χ1v) is 12.0. The van der Waals surface area contributed by atoms with Gasteiger partial charge in [0.1, 0.15) is 17.5 Å². The zero-order valence-corrected chi connectivity index (χ0v) is 19.6. The van der Waals surface area contributed by atoms with Crippen LogP contribution in [0.1, 0.15) is 49.3 Å². The van der Waals surface area contributed by atoms with Gasteiger partial charge >= 0.3 is 0 Å². The molecule has 0 unspecified atom stereocenters. The van der Waals surface area contributed by atoms with Gasteiger partial charge in [0.15, 0.2) is 10.9 Å². The molecule has 2 aliphatic rings. The van der Waals surface area contributed by atoms with Gasteiger partial charge < -0.3 is 10.3 Å². The largest absolute Gasteiger partial charge is 0.343 e. The Morgan fingerprint density at radius 3 is 2.53 bits per heavy atom. The Morgan fingerprint density at radius 2 is 1.79 bits per heavy atom. The van der Waals surface area contributed by atoms with Crippen LogP contribution in [-0.2, 0) is 10.5 Å². The van der Waals surface area contributed by atoms with Gasteiger partial charge in [-0.1, -0.05) is 55.9 Å². The highest BCUT2D eigenvalue weighted by atomic mass is 32.2. The standard InChI is InChI=1S/C26H23F2N3O2S/c1-26(2)11-18-21(19(32)12-26)20(14-7-9-16(27)10-8-14)22-23(29-18)30-25(31-24(22)33)34-13-15-5-3-4-6-17(15)28/h3-10,20H,11-13H2,1-2H3,(H2,29,30,31,33)/t20-/m1/s1. The van der Waals surface area contributed by atoms with Crippen molar-refractivity contribution in [1.82, 2.24) is 9.97 Å². The summed E-state index contributed by atoms with van der Waals surface area (Å²) in [6.07, 6.45) is 0.986. The zero-order valence-electron chi connectivity index (χ0n) is 18.7. The van der Waals surface area contributed by atoms with Crippen molar-refractivity contribution in [2.24, 2.45) is 5.41 Å². The van der Waals surface area contributed by atoms with E-state index in [1.54, 1.807) is 30.3 Å². The summed E-state index contributed by atoms with van der Waals surface area (Å²) in [5.41, 5.74) is 2.15. The highest BCUT2D eigenvalue weighted by Gasteiger charge is 2.42. The molecule has 0 radical (unpaired) electrons. The third kappa shape index (κ3) is 4.18. The molecule has 2 heterocycles. The number of aromatic nitrogens is 2. The Morgan fingerprint density at radius 1 is 1.06 bits per heavy atom. The third-order valence-corrected chi connectivity index (χ3v) is 7.15. The van der Waals surface area contributed by atoms with Crippen LogP contribution >= 0.6 is 11.8 Å². The number of aromatic amines is 1. The van der Waals surface area contributed by atoms with Gasteiger partial charge in [-0.05, 0) is 41.2 Å². The zero-order chi connectivity index (χ0) is 24.0. The van der Waals surface area contributed by atoms with Crippen molar-refractivity contribution in [1.29, 1.82) is 0 Å². The predicted octanol–water partition coefficient (Wildman–Crippen LogP) is 5.54. The monoisotopic (exact) mass is 479 g/mol. The van der Waals surface area contributed by atoms with Crippen molar-refractivity contribution in [2.45, 2.75) is 43.5 Å². The van der Waals surface area contributed by atoms with Crippen LogP contribution in [0.15, 0.2) is 69.8 Å². The van der Waals surface area contributed by atoms with Gasteiger partial charge in [-0.15, -0.1) is 0 Å². The van der Waals surface area contributed by atoms with E-state index < -0.39 is 11.7 Å². The van der Waals surface area contributed by atoms with Gasteiger partial charge in [-0.3, -0.25) is 9.59 Å². The Bertz CT molecular complexity index is 1380. The SMILES string of the molecule is CC1(C)CC(=O)C2=C(C1)Nc1nc(SCc3ccccc3F)[nH]c(=O)c1[C@@H]2c1ccc(F)cc1. The number of hydrogen-bond acceptors (Lipinski definition) is 5. The van der Waals surface area contributed by atoms with Crippen molar-refractivity contribution >= 4 is 23.4 Å². The van der Waals surface area contributed by atoms with E-state index in [4.69, 9.17) is 0 Å². The van der Waals surface area contributed by atoms with Crippen LogP contribution in [0.4, 0.5) is 14.6 Å². The fourth-order valence-electron chi connectivity index (χ4n) is 4.71. The molecule has 0 amide bonds. The van der Waals surface area contributed by atoms with E-state index in [2.05, 4.69) is 15.3 Å². The maximum absolute atomic E-state index is 14.0. The van der Waals surface area contributed by atoms with Gasteiger partial charge in [0.2, 0.25) is 0 Å². The highest BCUT2D eigenvalue weighted by Crippen LogP contribution is 2.47. The number of fused-ring (bicyclic) bond motifs is 1. The minimum atomic E-state index is -0.641. The number of ketones is 1. The summed E-state index contributed by atoms with van der Waals surface area (Å²) in [6.45, 7) is 4.05. The molecule has 1 aliphatic carbocycles. The van der Waals surface area contributed by atoms with Crippen molar-refractivity contribution in [3.05, 3.63) is 98.5 Å². The Hall–Kier alpha value is -3.26. The van der Waals surface area contributed by atoms with Crippen LogP contribution in [-0.4, -0.2) is 15.8 Å². The van der Waals surface area contributed by atoms with E-state index in [1.165, 1.54) is 30.0 Å². The topological polar surface area (TPSA) is 74.8 Å². The first kappa shape index (κ1) is 22.5. The van der Waals surface area contributed by atoms with Crippen LogP contribution in [0.2, 0.25) is 0 Å². The molecule has 2 aromatic carbocycles. The fourth-order valence-corrected chi connectivity index (χ4v) is 5.56. The molecule has 8 heteroatoms. The number of rotatable bonds is 4. The molecule has 0 bridgehead atoms. The molecule has 0 spiro atoms. The molecule has 174 valence electrons. The number of carbonyl (C=O) groups is 1. The van der Waals surface area contributed by atoms with E-state index in [0.717, 1.165) is 5.70 Å².